The van der Waals surface area contributed by atoms with Crippen molar-refractivity contribution in [3.05, 3.63) is 76.5 Å². The minimum atomic E-state index is -0.517. The summed E-state index contributed by atoms with van der Waals surface area (Å²) in [6, 6.07) is 14.7. The summed E-state index contributed by atoms with van der Waals surface area (Å²) in [6.45, 7) is 0. The highest BCUT2D eigenvalue weighted by atomic mass is 16.6. The van der Waals surface area contributed by atoms with Gasteiger partial charge in [-0.1, -0.05) is 35.5 Å². The van der Waals surface area contributed by atoms with Crippen LogP contribution < -0.4 is 0 Å². The Kier molecular flexibility index (Phi) is 3.45. The summed E-state index contributed by atoms with van der Waals surface area (Å²) >= 11 is 0. The summed E-state index contributed by atoms with van der Waals surface area (Å²) in [4.78, 5) is 22.4. The first-order chi connectivity index (χ1) is 10.6. The van der Waals surface area contributed by atoms with Gasteiger partial charge in [-0.15, -0.1) is 5.10 Å². The van der Waals surface area contributed by atoms with Crippen LogP contribution in [0.15, 0.2) is 60.8 Å². The first-order valence-corrected chi connectivity index (χ1v) is 6.42. The lowest BCUT2D eigenvalue weighted by atomic mass is 10.2. The van der Waals surface area contributed by atoms with Crippen LogP contribution in [0.25, 0.3) is 11.3 Å². The van der Waals surface area contributed by atoms with Crippen molar-refractivity contribution in [2.45, 2.75) is 0 Å². The van der Waals surface area contributed by atoms with Gasteiger partial charge in [0.05, 0.1) is 11.1 Å². The number of benzene rings is 2. The maximum absolute atomic E-state index is 12.3. The summed E-state index contributed by atoms with van der Waals surface area (Å²) in [5, 5.41) is 18.4. The maximum Gasteiger partial charge on any atom is 0.279 e. The van der Waals surface area contributed by atoms with Crippen LogP contribution in [0.2, 0.25) is 0 Å². The quantitative estimate of drug-likeness (QED) is 0.547. The number of hydrogen-bond acceptors (Lipinski definition) is 5. The molecule has 0 bridgehead atoms. The second-order valence-corrected chi connectivity index (χ2v) is 4.52. The van der Waals surface area contributed by atoms with Gasteiger partial charge in [0.25, 0.3) is 11.6 Å². The second kappa shape index (κ2) is 5.57. The van der Waals surface area contributed by atoms with Crippen molar-refractivity contribution in [3.63, 3.8) is 0 Å². The zero-order valence-corrected chi connectivity index (χ0v) is 11.3. The first-order valence-electron chi connectivity index (χ1n) is 6.42. The molecule has 0 radical (unpaired) electrons. The van der Waals surface area contributed by atoms with Crippen molar-refractivity contribution in [2.24, 2.45) is 0 Å². The van der Waals surface area contributed by atoms with Crippen molar-refractivity contribution < 1.29 is 9.72 Å². The number of carbonyl (C=O) groups is 1. The molecule has 7 heteroatoms. The molecule has 0 spiro atoms. The molecular formula is C15H10N4O3. The van der Waals surface area contributed by atoms with Crippen molar-refractivity contribution in [1.82, 2.24) is 15.0 Å². The van der Waals surface area contributed by atoms with E-state index in [1.807, 2.05) is 30.3 Å². The van der Waals surface area contributed by atoms with E-state index in [1.165, 1.54) is 30.5 Å². The van der Waals surface area contributed by atoms with Crippen molar-refractivity contribution in [3.8, 4) is 11.3 Å². The number of non-ortho nitro benzene ring substituents is 1. The second-order valence-electron chi connectivity index (χ2n) is 4.52. The number of hydrogen-bond donors (Lipinski definition) is 0. The Morgan fingerprint density at radius 2 is 1.73 bits per heavy atom. The van der Waals surface area contributed by atoms with Gasteiger partial charge in [0.1, 0.15) is 5.69 Å². The smallest absolute Gasteiger partial charge is 0.267 e. The highest BCUT2D eigenvalue weighted by Gasteiger charge is 2.13. The Morgan fingerprint density at radius 1 is 1.05 bits per heavy atom. The molecule has 0 fully saturated rings. The molecule has 3 aromatic rings. The summed E-state index contributed by atoms with van der Waals surface area (Å²) in [5.41, 5.74) is 1.66. The molecular weight excluding hydrogens is 284 g/mol. The van der Waals surface area contributed by atoms with Crippen LogP contribution in [-0.4, -0.2) is 25.8 Å². The van der Waals surface area contributed by atoms with Crippen LogP contribution in [0.5, 0.6) is 0 Å². The molecule has 0 saturated heterocycles. The van der Waals surface area contributed by atoms with Crippen LogP contribution in [0.1, 0.15) is 10.4 Å². The highest BCUT2D eigenvalue weighted by Crippen LogP contribution is 2.16. The number of rotatable bonds is 3. The van der Waals surface area contributed by atoms with E-state index in [0.29, 0.717) is 11.3 Å². The lowest BCUT2D eigenvalue weighted by molar-refractivity contribution is -0.384. The van der Waals surface area contributed by atoms with E-state index in [2.05, 4.69) is 10.3 Å². The van der Waals surface area contributed by atoms with Crippen molar-refractivity contribution >= 4 is 11.6 Å². The Balaban J connectivity index is 1.87. The number of aromatic nitrogens is 3. The number of nitro benzene ring substituents is 1. The van der Waals surface area contributed by atoms with Gasteiger partial charge in [-0.05, 0) is 12.1 Å². The van der Waals surface area contributed by atoms with Crippen molar-refractivity contribution in [1.29, 1.82) is 0 Å². The van der Waals surface area contributed by atoms with Crippen LogP contribution in [0.4, 0.5) is 5.69 Å². The van der Waals surface area contributed by atoms with Gasteiger partial charge < -0.3 is 0 Å². The lowest BCUT2D eigenvalue weighted by Crippen LogP contribution is -2.12. The molecule has 0 aliphatic rings. The van der Waals surface area contributed by atoms with Crippen LogP contribution in [0, 0.1) is 10.1 Å². The minimum absolute atomic E-state index is 0.0693. The van der Waals surface area contributed by atoms with Crippen LogP contribution in [0.3, 0.4) is 0 Å². The van der Waals surface area contributed by atoms with E-state index < -0.39 is 10.8 Å². The maximum atomic E-state index is 12.3. The molecule has 7 nitrogen and oxygen atoms in total. The number of nitrogens with zero attached hydrogens (tertiary/aromatic N) is 4. The minimum Gasteiger partial charge on any atom is -0.267 e. The Morgan fingerprint density at radius 3 is 2.36 bits per heavy atom. The van der Waals surface area contributed by atoms with Gasteiger partial charge in [-0.2, -0.15) is 4.68 Å². The predicted octanol–water partition coefficient (Wildman–Crippen LogP) is 2.54. The number of nitro groups is 1. The predicted molar refractivity (Wildman–Crippen MR) is 78.3 cm³/mol. The Hall–Kier alpha value is -3.35. The molecule has 1 aromatic heterocycles. The van der Waals surface area contributed by atoms with E-state index in [9.17, 15) is 14.9 Å². The molecule has 0 atom stereocenters. The average molecular weight is 294 g/mol. The molecule has 0 aliphatic heterocycles. The Labute approximate surface area is 125 Å². The molecule has 0 N–H and O–H groups in total. The molecule has 1 heterocycles. The van der Waals surface area contributed by atoms with Crippen molar-refractivity contribution in [2.75, 3.05) is 0 Å². The van der Waals surface area contributed by atoms with Gasteiger partial charge in [0.15, 0.2) is 0 Å². The zero-order chi connectivity index (χ0) is 15.5. The van der Waals surface area contributed by atoms with Gasteiger partial charge in [0.2, 0.25) is 0 Å². The molecule has 0 saturated carbocycles. The van der Waals surface area contributed by atoms with E-state index in [4.69, 9.17) is 0 Å². The van der Waals surface area contributed by atoms with Gasteiger partial charge >= 0.3 is 0 Å². The normalized spacial score (nSPS) is 10.4. The molecule has 2 aromatic carbocycles. The first kappa shape index (κ1) is 13.6. The van der Waals surface area contributed by atoms with Gasteiger partial charge in [0, 0.05) is 23.3 Å². The SMILES string of the molecule is O=C(c1ccc([N+](=O)[O-])cc1)n1cc(-c2ccccc2)nn1. The lowest BCUT2D eigenvalue weighted by Gasteiger charge is -1.99. The fourth-order valence-electron chi connectivity index (χ4n) is 1.96. The molecule has 3 rings (SSSR count). The molecule has 22 heavy (non-hydrogen) atoms. The third-order valence-corrected chi connectivity index (χ3v) is 3.10. The Bertz CT molecular complexity index is 826. The van der Waals surface area contributed by atoms with E-state index in [1.54, 1.807) is 0 Å². The van der Waals surface area contributed by atoms with Crippen LogP contribution >= 0.6 is 0 Å². The number of carbonyl (C=O) groups excluding carboxylic acids is 1. The summed E-state index contributed by atoms with van der Waals surface area (Å²) < 4.78 is 1.11. The monoisotopic (exact) mass is 294 g/mol. The summed E-state index contributed by atoms with van der Waals surface area (Å²) in [5.74, 6) is -0.399. The third-order valence-electron chi connectivity index (χ3n) is 3.10. The third kappa shape index (κ3) is 2.59. The summed E-state index contributed by atoms with van der Waals surface area (Å²) in [7, 11) is 0. The molecule has 0 unspecified atom stereocenters. The van der Waals surface area contributed by atoms with E-state index in [0.717, 1.165) is 10.2 Å². The fourth-order valence-corrected chi connectivity index (χ4v) is 1.96. The average Bonchev–Trinajstić information content (AvgIpc) is 3.05. The van der Waals surface area contributed by atoms with Crippen LogP contribution in [-0.2, 0) is 0 Å². The molecule has 0 amide bonds. The van der Waals surface area contributed by atoms with Gasteiger partial charge in [-0.25, -0.2) is 0 Å². The topological polar surface area (TPSA) is 90.9 Å². The fraction of sp³-hybridized carbons (Fsp3) is 0. The standard InChI is InChI=1S/C15H10N4O3/c20-15(12-6-8-13(9-7-12)19(21)22)18-10-14(16-17-18)11-4-2-1-3-5-11/h1-10H. The largest absolute Gasteiger partial charge is 0.279 e. The van der Waals surface area contributed by atoms with E-state index >= 15 is 0 Å². The van der Waals surface area contributed by atoms with Gasteiger partial charge in [-0.3, -0.25) is 14.9 Å². The molecule has 108 valence electrons. The zero-order valence-electron chi connectivity index (χ0n) is 11.3. The van der Waals surface area contributed by atoms with E-state index in [-0.39, 0.29) is 5.69 Å². The molecule has 0 aliphatic carbocycles. The highest BCUT2D eigenvalue weighted by molar-refractivity contribution is 5.95. The summed E-state index contributed by atoms with van der Waals surface area (Å²) in [6.07, 6.45) is 1.53.